The molecule has 46 heavy (non-hydrogen) atoms. The minimum absolute atomic E-state index is 0.0377. The minimum atomic E-state index is -3.55. The van der Waals surface area contributed by atoms with Crippen molar-refractivity contribution in [2.75, 3.05) is 12.3 Å². The van der Waals surface area contributed by atoms with Crippen molar-refractivity contribution in [3.05, 3.63) is 0 Å². The van der Waals surface area contributed by atoms with Crippen LogP contribution >= 0.6 is 0 Å². The third kappa shape index (κ3) is 6.80. The van der Waals surface area contributed by atoms with Gasteiger partial charge >= 0.3 is 6.03 Å². The lowest BCUT2D eigenvalue weighted by Crippen LogP contribution is -2.64. The molecule has 0 radical (unpaired) electrons. The molecule has 1 spiro atoms. The number of nitrogens with zero attached hydrogens (tertiary/aromatic N) is 1. The molecule has 1 heterocycles. The number of likely N-dealkylation sites (tertiary alicyclic amines) is 1. The number of Topliss-reactive ketones (excluding diaryl/α,β-unsaturated/α-hetero) is 1. The highest BCUT2D eigenvalue weighted by molar-refractivity contribution is 7.92. The van der Waals surface area contributed by atoms with Crippen molar-refractivity contribution in [2.45, 2.75) is 134 Å². The monoisotopic (exact) mass is 663 g/mol. The fourth-order valence-corrected chi connectivity index (χ4v) is 9.55. The van der Waals surface area contributed by atoms with Gasteiger partial charge in [-0.1, -0.05) is 52.9 Å². The number of ketones is 1. The van der Waals surface area contributed by atoms with E-state index in [9.17, 15) is 32.4 Å². The van der Waals surface area contributed by atoms with Gasteiger partial charge in [0.15, 0.2) is 9.84 Å². The standard InChI is InChI=1S/C33H53N5O7S/c1-30(2,3)25(36-29(43)37-32(12-8-7-9-13-32)18-46(44,45)31(4,5)6)28(42)38-17-20-22(33(20)14-15-33)23(38)27(41)35-21(16-19-10-11-19)24(39)26(34)40/h19-23,25H,7-18H2,1-6H3,(H2,34,40)(H,35,41)(H2,36,37,43)/t20-,21?,22?,23-,25+/m0/s1. The molecule has 13 heteroatoms. The van der Waals surface area contributed by atoms with E-state index in [0.29, 0.717) is 25.8 Å². The SMILES string of the molecule is CC(C)(C)[C@H](NC(=O)NC1(CS(=O)(=O)C(C)(C)C)CCCCC1)C(=O)N1C[C@H]2C([C@H]1C(=O)NC(CC1CC1)C(=O)C(N)=O)C21CC1. The number of primary amides is 1. The topological polar surface area (TPSA) is 185 Å². The van der Waals surface area contributed by atoms with Crippen LogP contribution in [0.5, 0.6) is 0 Å². The third-order valence-corrected chi connectivity index (χ3v) is 14.1. The van der Waals surface area contributed by atoms with Crippen LogP contribution in [0.4, 0.5) is 4.79 Å². The number of nitrogens with two attached hydrogens (primary N) is 1. The summed E-state index contributed by atoms with van der Waals surface area (Å²) in [6.07, 6.45) is 7.74. The number of urea groups is 1. The van der Waals surface area contributed by atoms with Gasteiger partial charge in [0.25, 0.3) is 5.91 Å². The molecule has 5 fully saturated rings. The molecule has 5 aliphatic rings. The van der Waals surface area contributed by atoms with Gasteiger partial charge in [0.1, 0.15) is 12.1 Å². The third-order valence-electron chi connectivity index (χ3n) is 11.3. The van der Waals surface area contributed by atoms with Gasteiger partial charge < -0.3 is 26.6 Å². The average Bonchev–Trinajstić information content (AvgIpc) is 3.90. The molecule has 12 nitrogen and oxygen atoms in total. The lowest BCUT2D eigenvalue weighted by molar-refractivity contribution is -0.144. The molecule has 258 valence electrons. The van der Waals surface area contributed by atoms with Crippen molar-refractivity contribution < 1.29 is 32.4 Å². The van der Waals surface area contributed by atoms with E-state index in [1.165, 1.54) is 0 Å². The maximum absolute atomic E-state index is 14.4. The first kappa shape index (κ1) is 34.6. The Kier molecular flexibility index (Phi) is 8.86. The molecule has 0 aromatic carbocycles. The number of carbonyl (C=O) groups excluding carboxylic acids is 5. The first-order chi connectivity index (χ1) is 21.2. The minimum Gasteiger partial charge on any atom is -0.363 e. The fourth-order valence-electron chi connectivity index (χ4n) is 8.03. The Balaban J connectivity index is 1.34. The summed E-state index contributed by atoms with van der Waals surface area (Å²) in [5.41, 5.74) is 3.67. The lowest BCUT2D eigenvalue weighted by atomic mass is 9.83. The predicted molar refractivity (Wildman–Crippen MR) is 172 cm³/mol. The Hall–Kier alpha value is -2.70. The molecule has 5 N–H and O–H groups in total. The Morgan fingerprint density at radius 1 is 0.913 bits per heavy atom. The number of hydrogen-bond donors (Lipinski definition) is 4. The van der Waals surface area contributed by atoms with Crippen molar-refractivity contribution >= 4 is 39.4 Å². The van der Waals surface area contributed by atoms with E-state index in [4.69, 9.17) is 5.73 Å². The van der Waals surface area contributed by atoms with E-state index in [1.54, 1.807) is 25.7 Å². The molecule has 4 saturated carbocycles. The van der Waals surface area contributed by atoms with Gasteiger partial charge in [0, 0.05) is 6.54 Å². The number of rotatable bonds is 11. The smallest absolute Gasteiger partial charge is 0.315 e. The maximum Gasteiger partial charge on any atom is 0.315 e. The van der Waals surface area contributed by atoms with Crippen LogP contribution in [-0.4, -0.2) is 83.6 Å². The molecule has 0 aromatic heterocycles. The zero-order valence-electron chi connectivity index (χ0n) is 28.2. The van der Waals surface area contributed by atoms with Gasteiger partial charge in [-0.2, -0.15) is 0 Å². The molecule has 1 saturated heterocycles. The van der Waals surface area contributed by atoms with E-state index in [1.807, 2.05) is 20.8 Å². The van der Waals surface area contributed by atoms with Crippen LogP contribution in [0, 0.1) is 28.6 Å². The van der Waals surface area contributed by atoms with Crippen LogP contribution in [0.25, 0.3) is 0 Å². The average molecular weight is 664 g/mol. The van der Waals surface area contributed by atoms with Gasteiger partial charge in [-0.25, -0.2) is 13.2 Å². The summed E-state index contributed by atoms with van der Waals surface area (Å²) in [6, 6.07) is -3.47. The van der Waals surface area contributed by atoms with Crippen molar-refractivity contribution in [1.29, 1.82) is 0 Å². The Morgan fingerprint density at radius 2 is 1.52 bits per heavy atom. The van der Waals surface area contributed by atoms with Crippen LogP contribution in [-0.2, 0) is 29.0 Å². The number of nitrogens with one attached hydrogen (secondary N) is 3. The maximum atomic E-state index is 14.4. The quantitative estimate of drug-likeness (QED) is 0.244. The Labute approximate surface area is 273 Å². The van der Waals surface area contributed by atoms with Gasteiger partial charge in [-0.15, -0.1) is 0 Å². The van der Waals surface area contributed by atoms with Gasteiger partial charge in [0.05, 0.1) is 22.1 Å². The summed E-state index contributed by atoms with van der Waals surface area (Å²) in [7, 11) is -3.55. The number of sulfone groups is 1. The summed E-state index contributed by atoms with van der Waals surface area (Å²) >= 11 is 0. The number of hydrogen-bond acceptors (Lipinski definition) is 7. The fraction of sp³-hybridized carbons (Fsp3) is 0.848. The first-order valence-corrected chi connectivity index (χ1v) is 18.6. The van der Waals surface area contributed by atoms with Crippen LogP contribution < -0.4 is 21.7 Å². The second-order valence-corrected chi connectivity index (χ2v) is 19.6. The first-order valence-electron chi connectivity index (χ1n) is 17.0. The molecule has 5 atom stereocenters. The zero-order valence-corrected chi connectivity index (χ0v) is 29.1. The zero-order chi connectivity index (χ0) is 34.0. The van der Waals surface area contributed by atoms with Crippen molar-refractivity contribution in [3.63, 3.8) is 0 Å². The second kappa shape index (κ2) is 11.8. The normalized spacial score (nSPS) is 27.6. The van der Waals surface area contributed by atoms with E-state index in [-0.39, 0.29) is 28.9 Å². The van der Waals surface area contributed by atoms with E-state index >= 15 is 0 Å². The van der Waals surface area contributed by atoms with E-state index < -0.39 is 73.2 Å². The van der Waals surface area contributed by atoms with Gasteiger partial charge in [0.2, 0.25) is 17.6 Å². The molecule has 1 aliphatic heterocycles. The lowest BCUT2D eigenvalue weighted by Gasteiger charge is -2.41. The van der Waals surface area contributed by atoms with E-state index in [0.717, 1.165) is 44.9 Å². The van der Waals surface area contributed by atoms with Crippen molar-refractivity contribution in [3.8, 4) is 0 Å². The molecule has 4 aliphatic carbocycles. The predicted octanol–water partition coefficient (Wildman–Crippen LogP) is 2.19. The van der Waals surface area contributed by atoms with Crippen LogP contribution in [0.3, 0.4) is 0 Å². The highest BCUT2D eigenvalue weighted by atomic mass is 32.2. The number of amides is 5. The van der Waals surface area contributed by atoms with Crippen LogP contribution in [0.1, 0.15) is 106 Å². The molecule has 0 aromatic rings. The molecule has 5 rings (SSSR count). The summed E-state index contributed by atoms with van der Waals surface area (Å²) < 4.78 is 25.5. The van der Waals surface area contributed by atoms with Crippen LogP contribution in [0.2, 0.25) is 0 Å². The summed E-state index contributed by atoms with van der Waals surface area (Å²) in [5, 5.41) is 8.67. The molecule has 2 unspecified atom stereocenters. The van der Waals surface area contributed by atoms with Crippen molar-refractivity contribution in [2.24, 2.45) is 34.3 Å². The number of piperidine rings is 1. The highest BCUT2D eigenvalue weighted by Crippen LogP contribution is 2.78. The number of carbonyl (C=O) groups is 5. The summed E-state index contributed by atoms with van der Waals surface area (Å²) in [4.78, 5) is 67.9. The van der Waals surface area contributed by atoms with Gasteiger partial charge in [-0.3, -0.25) is 19.2 Å². The van der Waals surface area contributed by atoms with Crippen molar-refractivity contribution in [1.82, 2.24) is 20.9 Å². The van der Waals surface area contributed by atoms with E-state index in [2.05, 4.69) is 16.0 Å². The molecule has 5 amide bonds. The van der Waals surface area contributed by atoms with Gasteiger partial charge in [-0.05, 0) is 81.5 Å². The molecule has 0 bridgehead atoms. The number of fused-ring (bicyclic) bond motifs is 3. The summed E-state index contributed by atoms with van der Waals surface area (Å²) in [5.74, 6) is -2.59. The molecular weight excluding hydrogens is 610 g/mol. The second-order valence-electron chi connectivity index (χ2n) is 16.9. The Morgan fingerprint density at radius 3 is 2.02 bits per heavy atom. The van der Waals surface area contributed by atoms with Crippen LogP contribution in [0.15, 0.2) is 0 Å². The Bertz CT molecular complexity index is 1380. The summed E-state index contributed by atoms with van der Waals surface area (Å²) in [6.45, 7) is 10.9. The highest BCUT2D eigenvalue weighted by Gasteiger charge is 2.79. The largest absolute Gasteiger partial charge is 0.363 e. The molecular formula is C33H53N5O7S.